The number of hydrogen-bond donors (Lipinski definition) is 0. The van der Waals surface area contributed by atoms with Gasteiger partial charge in [0, 0.05) is 20.2 Å². The van der Waals surface area contributed by atoms with Gasteiger partial charge in [0.1, 0.15) is 0 Å². The number of nitrogens with zero attached hydrogens (tertiary/aromatic N) is 1. The van der Waals surface area contributed by atoms with Gasteiger partial charge in [-0.3, -0.25) is 0 Å². The summed E-state index contributed by atoms with van der Waals surface area (Å²) in [5.41, 5.74) is 0.201. The lowest BCUT2D eigenvalue weighted by atomic mass is 9.89. The van der Waals surface area contributed by atoms with Crippen molar-refractivity contribution in [3.8, 4) is 0 Å². The van der Waals surface area contributed by atoms with Crippen LogP contribution in [0.1, 0.15) is 26.2 Å². The van der Waals surface area contributed by atoms with E-state index in [2.05, 4.69) is 18.9 Å². The second-order valence-corrected chi connectivity index (χ2v) is 3.54. The van der Waals surface area contributed by atoms with Gasteiger partial charge < -0.3 is 9.64 Å². The van der Waals surface area contributed by atoms with Crippen molar-refractivity contribution < 1.29 is 4.74 Å². The molecule has 0 saturated carbocycles. The van der Waals surface area contributed by atoms with Crippen LogP contribution in [0.5, 0.6) is 0 Å². The van der Waals surface area contributed by atoms with Crippen LogP contribution in [0, 0.1) is 0 Å². The molecule has 1 fully saturated rings. The molecule has 0 bridgehead atoms. The van der Waals surface area contributed by atoms with E-state index in [9.17, 15) is 0 Å². The molecule has 0 spiro atoms. The second-order valence-electron chi connectivity index (χ2n) is 3.54. The Kier molecular flexibility index (Phi) is 2.90. The normalized spacial score (nSPS) is 25.4. The molecule has 1 aliphatic rings. The van der Waals surface area contributed by atoms with Gasteiger partial charge in [-0.1, -0.05) is 6.92 Å². The second kappa shape index (κ2) is 3.55. The van der Waals surface area contributed by atoms with Crippen LogP contribution in [0.3, 0.4) is 0 Å². The monoisotopic (exact) mass is 157 g/mol. The first-order chi connectivity index (χ1) is 5.22. The Hall–Kier alpha value is -0.0800. The molecule has 11 heavy (non-hydrogen) atoms. The molecule has 0 radical (unpaired) electrons. The van der Waals surface area contributed by atoms with E-state index in [1.165, 1.54) is 25.9 Å². The van der Waals surface area contributed by atoms with Crippen LogP contribution < -0.4 is 0 Å². The third-order valence-electron chi connectivity index (χ3n) is 2.98. The van der Waals surface area contributed by atoms with E-state index in [4.69, 9.17) is 4.74 Å². The summed E-state index contributed by atoms with van der Waals surface area (Å²) in [4.78, 5) is 2.37. The molecule has 1 rings (SSSR count). The van der Waals surface area contributed by atoms with Crippen LogP contribution in [-0.2, 0) is 4.74 Å². The van der Waals surface area contributed by atoms with Crippen LogP contribution >= 0.6 is 0 Å². The Morgan fingerprint density at radius 2 is 1.91 bits per heavy atom. The molecule has 0 aromatic rings. The van der Waals surface area contributed by atoms with E-state index in [0.29, 0.717) is 0 Å². The summed E-state index contributed by atoms with van der Waals surface area (Å²) in [5.74, 6) is 0. The molecule has 2 nitrogen and oxygen atoms in total. The first kappa shape index (κ1) is 9.01. The molecule has 0 unspecified atom stereocenters. The Morgan fingerprint density at radius 3 is 2.27 bits per heavy atom. The fourth-order valence-corrected chi connectivity index (χ4v) is 1.73. The lowest BCUT2D eigenvalue weighted by Gasteiger charge is -2.38. The van der Waals surface area contributed by atoms with Gasteiger partial charge >= 0.3 is 0 Å². The van der Waals surface area contributed by atoms with E-state index in [-0.39, 0.29) is 5.60 Å². The van der Waals surface area contributed by atoms with Crippen LogP contribution in [0.4, 0.5) is 0 Å². The fraction of sp³-hybridized carbons (Fsp3) is 1.00. The molecule has 0 aromatic heterocycles. The molecule has 2 heteroatoms. The Balaban J connectivity index is 2.45. The van der Waals surface area contributed by atoms with E-state index in [1.54, 1.807) is 0 Å². The first-order valence-corrected chi connectivity index (χ1v) is 4.46. The topological polar surface area (TPSA) is 12.5 Å². The van der Waals surface area contributed by atoms with Crippen LogP contribution in [-0.4, -0.2) is 37.7 Å². The summed E-state index contributed by atoms with van der Waals surface area (Å²) >= 11 is 0. The number of ether oxygens (including phenoxy) is 1. The lowest BCUT2D eigenvalue weighted by Crippen LogP contribution is -2.43. The summed E-state index contributed by atoms with van der Waals surface area (Å²) in [6.45, 7) is 4.58. The number of methoxy groups -OCH3 is 1. The maximum atomic E-state index is 5.55. The molecule has 1 saturated heterocycles. The van der Waals surface area contributed by atoms with Crippen LogP contribution in [0.15, 0.2) is 0 Å². The highest BCUT2D eigenvalue weighted by atomic mass is 16.5. The Morgan fingerprint density at radius 1 is 1.36 bits per heavy atom. The summed E-state index contributed by atoms with van der Waals surface area (Å²) in [6, 6.07) is 0. The minimum absolute atomic E-state index is 0.201. The third-order valence-corrected chi connectivity index (χ3v) is 2.98. The highest BCUT2D eigenvalue weighted by molar-refractivity contribution is 4.84. The maximum absolute atomic E-state index is 5.55. The van der Waals surface area contributed by atoms with Gasteiger partial charge in [0.15, 0.2) is 0 Å². The average molecular weight is 157 g/mol. The van der Waals surface area contributed by atoms with Gasteiger partial charge in [-0.25, -0.2) is 0 Å². The van der Waals surface area contributed by atoms with E-state index in [0.717, 1.165) is 6.42 Å². The molecule has 1 aliphatic heterocycles. The van der Waals surface area contributed by atoms with Gasteiger partial charge in [-0.2, -0.15) is 0 Å². The van der Waals surface area contributed by atoms with E-state index in [1.807, 2.05) is 7.11 Å². The van der Waals surface area contributed by atoms with Crippen molar-refractivity contribution >= 4 is 0 Å². The average Bonchev–Trinajstić information content (AvgIpc) is 2.07. The highest BCUT2D eigenvalue weighted by Gasteiger charge is 2.31. The molecule has 0 atom stereocenters. The third kappa shape index (κ3) is 1.94. The SMILES string of the molecule is CCC1(OC)CCN(C)CC1. The molecule has 1 heterocycles. The molecule has 66 valence electrons. The predicted octanol–water partition coefficient (Wildman–Crippen LogP) is 1.51. The van der Waals surface area contributed by atoms with Crippen molar-refractivity contribution in [3.63, 3.8) is 0 Å². The smallest absolute Gasteiger partial charge is 0.0700 e. The molecule has 0 aromatic carbocycles. The zero-order valence-electron chi connectivity index (χ0n) is 7.89. The van der Waals surface area contributed by atoms with Crippen molar-refractivity contribution in [3.05, 3.63) is 0 Å². The van der Waals surface area contributed by atoms with Gasteiger partial charge in [-0.15, -0.1) is 0 Å². The lowest BCUT2D eigenvalue weighted by molar-refractivity contribution is -0.0555. The van der Waals surface area contributed by atoms with E-state index >= 15 is 0 Å². The van der Waals surface area contributed by atoms with Crippen molar-refractivity contribution in [1.82, 2.24) is 4.90 Å². The number of rotatable bonds is 2. The molecule has 0 aliphatic carbocycles. The number of hydrogen-bond acceptors (Lipinski definition) is 2. The minimum Gasteiger partial charge on any atom is -0.378 e. The summed E-state index contributed by atoms with van der Waals surface area (Å²) in [6.07, 6.45) is 3.53. The summed E-state index contributed by atoms with van der Waals surface area (Å²) in [7, 11) is 4.02. The molecular formula is C9H19NO. The standard InChI is InChI=1S/C9H19NO/c1-4-9(11-3)5-7-10(2)8-6-9/h4-8H2,1-3H3. The number of likely N-dealkylation sites (tertiary alicyclic amines) is 1. The van der Waals surface area contributed by atoms with Crippen molar-refractivity contribution in [1.29, 1.82) is 0 Å². The minimum atomic E-state index is 0.201. The molecule has 0 amide bonds. The predicted molar refractivity (Wildman–Crippen MR) is 46.8 cm³/mol. The van der Waals surface area contributed by atoms with Crippen molar-refractivity contribution in [2.75, 3.05) is 27.2 Å². The maximum Gasteiger partial charge on any atom is 0.0700 e. The zero-order valence-corrected chi connectivity index (χ0v) is 7.89. The van der Waals surface area contributed by atoms with E-state index < -0.39 is 0 Å². The highest BCUT2D eigenvalue weighted by Crippen LogP contribution is 2.27. The van der Waals surface area contributed by atoms with Crippen LogP contribution in [0.2, 0.25) is 0 Å². The molecule has 0 N–H and O–H groups in total. The summed E-state index contributed by atoms with van der Waals surface area (Å²) < 4.78 is 5.55. The fourth-order valence-electron chi connectivity index (χ4n) is 1.73. The zero-order chi connectivity index (χ0) is 8.32. The Labute approximate surface area is 69.5 Å². The van der Waals surface area contributed by atoms with Gasteiger partial charge in [-0.05, 0) is 26.3 Å². The van der Waals surface area contributed by atoms with Gasteiger partial charge in [0.2, 0.25) is 0 Å². The first-order valence-electron chi connectivity index (χ1n) is 4.46. The molecular weight excluding hydrogens is 138 g/mol. The largest absolute Gasteiger partial charge is 0.378 e. The Bertz CT molecular complexity index is 111. The van der Waals surface area contributed by atoms with Crippen molar-refractivity contribution in [2.24, 2.45) is 0 Å². The van der Waals surface area contributed by atoms with Gasteiger partial charge in [0.25, 0.3) is 0 Å². The van der Waals surface area contributed by atoms with Crippen LogP contribution in [0.25, 0.3) is 0 Å². The van der Waals surface area contributed by atoms with Gasteiger partial charge in [0.05, 0.1) is 5.60 Å². The number of piperidine rings is 1. The quantitative estimate of drug-likeness (QED) is 0.602. The summed E-state index contributed by atoms with van der Waals surface area (Å²) in [5, 5.41) is 0. The van der Waals surface area contributed by atoms with Crippen molar-refractivity contribution in [2.45, 2.75) is 31.8 Å².